The van der Waals surface area contributed by atoms with E-state index >= 15 is 0 Å². The largest absolute Gasteiger partial charge is 0.415 e. The van der Waals surface area contributed by atoms with Gasteiger partial charge in [0, 0.05) is 56.1 Å². The fraction of sp³-hybridized carbons (Fsp3) is 0.323. The minimum absolute atomic E-state index is 0.0218. The lowest BCUT2D eigenvalue weighted by atomic mass is 9.77. The summed E-state index contributed by atoms with van der Waals surface area (Å²) < 4.78 is 7.00. The summed E-state index contributed by atoms with van der Waals surface area (Å²) in [6, 6.07) is 5.89. The maximum atomic E-state index is 13.6. The number of piperazine rings is 1. The Morgan fingerprint density at radius 2 is 1.81 bits per heavy atom. The summed E-state index contributed by atoms with van der Waals surface area (Å²) in [6.07, 6.45) is 2.15. The highest BCUT2D eigenvalue weighted by molar-refractivity contribution is 5.96. The number of nitro groups is 1. The summed E-state index contributed by atoms with van der Waals surface area (Å²) in [5.74, 6) is -0.706. The number of hydroxylamine groups is 1. The number of aliphatic hydroxyl groups is 1. The Balaban J connectivity index is 1.14. The summed E-state index contributed by atoms with van der Waals surface area (Å²) in [5.41, 5.74) is 0.524. The summed E-state index contributed by atoms with van der Waals surface area (Å²) in [4.78, 5) is 79.0. The van der Waals surface area contributed by atoms with E-state index in [0.29, 0.717) is 24.6 Å². The number of benzene rings is 1. The molecule has 17 heteroatoms. The van der Waals surface area contributed by atoms with Gasteiger partial charge in [-0.05, 0) is 37.1 Å². The lowest BCUT2D eigenvalue weighted by molar-refractivity contribution is -0.383. The van der Waals surface area contributed by atoms with Crippen molar-refractivity contribution in [3.05, 3.63) is 79.4 Å². The fourth-order valence-corrected chi connectivity index (χ4v) is 6.61. The number of anilines is 1. The molecular formula is C31H28N8O9. The van der Waals surface area contributed by atoms with Gasteiger partial charge in [0.1, 0.15) is 11.4 Å². The van der Waals surface area contributed by atoms with E-state index in [-0.39, 0.29) is 95.1 Å². The van der Waals surface area contributed by atoms with Crippen LogP contribution in [0.2, 0.25) is 0 Å². The van der Waals surface area contributed by atoms with Crippen LogP contribution in [-0.4, -0.2) is 83.6 Å². The monoisotopic (exact) mass is 656 g/mol. The van der Waals surface area contributed by atoms with Crippen molar-refractivity contribution >= 4 is 40.3 Å². The molecule has 4 aromatic rings. The van der Waals surface area contributed by atoms with Crippen LogP contribution in [0.5, 0.6) is 5.75 Å². The molecule has 1 fully saturated rings. The molecule has 1 aromatic carbocycles. The molecule has 1 atom stereocenters. The first-order chi connectivity index (χ1) is 23.0. The van der Waals surface area contributed by atoms with Gasteiger partial charge in [-0.15, -0.1) is 0 Å². The maximum absolute atomic E-state index is 13.6. The topological polar surface area (TPSA) is 223 Å². The average molecular weight is 657 g/mol. The number of carbonyl (C=O) groups excluding carboxylic acids is 3. The molecule has 5 heterocycles. The Bertz CT molecular complexity index is 2110. The second kappa shape index (κ2) is 11.5. The van der Waals surface area contributed by atoms with Crippen LogP contribution in [0.15, 0.2) is 41.5 Å². The van der Waals surface area contributed by atoms with Gasteiger partial charge in [0.05, 0.1) is 44.9 Å². The van der Waals surface area contributed by atoms with Crippen molar-refractivity contribution in [3.63, 3.8) is 0 Å². The molecule has 0 spiro atoms. The number of hydrogen-bond acceptors (Lipinski definition) is 13. The SMILES string of the molecule is CC[C@@]1(O)C(=O)CCc2c1cc1n(c2=O)Cc2c-1nc1ccc(OC(=O)N3CCN(c4ncc(C(=O)NO)cn4)CC3)cc1c2[N+](=O)[O-]. The van der Waals surface area contributed by atoms with Gasteiger partial charge in [0.2, 0.25) is 5.95 Å². The molecule has 2 amide bonds. The number of amides is 2. The Morgan fingerprint density at radius 1 is 1.08 bits per heavy atom. The van der Waals surface area contributed by atoms with E-state index in [2.05, 4.69) is 15.0 Å². The molecule has 0 saturated carbocycles. The number of hydrogen-bond donors (Lipinski definition) is 3. The summed E-state index contributed by atoms with van der Waals surface area (Å²) >= 11 is 0. The standard InChI is InChI=1S/C31H28N8O9/c1-2-31(44)21-12-23-25-20(15-38(23)28(42)18(21)4-6-24(31)40)26(39(46)47)19-11-17(3-5-22(19)34-25)48-30(43)37-9-7-36(8-10-37)29-32-13-16(14-33-29)27(41)35-45/h3,5,11-14,44-45H,2,4,6-10,15H2,1H3,(H,35,41)/t31-/m0/s1. The van der Waals surface area contributed by atoms with Crippen LogP contribution in [0.25, 0.3) is 22.3 Å². The van der Waals surface area contributed by atoms with Crippen LogP contribution in [-0.2, 0) is 23.4 Å². The van der Waals surface area contributed by atoms with Crippen molar-refractivity contribution in [3.8, 4) is 17.1 Å². The molecule has 7 rings (SSSR count). The molecule has 3 N–H and O–H groups in total. The number of fused-ring (bicyclic) bond motifs is 5. The van der Waals surface area contributed by atoms with Gasteiger partial charge >= 0.3 is 6.09 Å². The minimum atomic E-state index is -1.82. The van der Waals surface area contributed by atoms with Gasteiger partial charge in [-0.3, -0.25) is 29.7 Å². The first-order valence-corrected chi connectivity index (χ1v) is 15.2. The summed E-state index contributed by atoms with van der Waals surface area (Å²) in [7, 11) is 0. The normalized spacial score (nSPS) is 18.3. The lowest BCUT2D eigenvalue weighted by Gasteiger charge is -2.33. The molecule has 48 heavy (non-hydrogen) atoms. The van der Waals surface area contributed by atoms with Crippen LogP contribution >= 0.6 is 0 Å². The predicted octanol–water partition coefficient (Wildman–Crippen LogP) is 1.68. The van der Waals surface area contributed by atoms with E-state index < -0.39 is 28.1 Å². The number of nitrogens with zero attached hydrogens (tertiary/aromatic N) is 7. The number of rotatable bonds is 5. The Kier molecular flexibility index (Phi) is 7.36. The van der Waals surface area contributed by atoms with Crippen molar-refractivity contribution in [1.29, 1.82) is 0 Å². The average Bonchev–Trinajstić information content (AvgIpc) is 3.46. The lowest BCUT2D eigenvalue weighted by Crippen LogP contribution is -2.50. The van der Waals surface area contributed by atoms with E-state index in [9.17, 15) is 34.4 Å². The van der Waals surface area contributed by atoms with Gasteiger partial charge in [0.15, 0.2) is 5.78 Å². The van der Waals surface area contributed by atoms with Crippen molar-refractivity contribution < 1.29 is 34.4 Å². The minimum Gasteiger partial charge on any atom is -0.410 e. The molecular weight excluding hydrogens is 628 g/mol. The highest BCUT2D eigenvalue weighted by atomic mass is 16.6. The number of aromatic nitrogens is 4. The maximum Gasteiger partial charge on any atom is 0.415 e. The van der Waals surface area contributed by atoms with Gasteiger partial charge in [-0.1, -0.05) is 6.92 Å². The third-order valence-corrected chi connectivity index (χ3v) is 9.22. The van der Waals surface area contributed by atoms with Crippen LogP contribution in [0.3, 0.4) is 0 Å². The second-order valence-electron chi connectivity index (χ2n) is 11.7. The highest BCUT2D eigenvalue weighted by Gasteiger charge is 2.44. The van der Waals surface area contributed by atoms with Crippen LogP contribution in [0.1, 0.15) is 46.8 Å². The first kappa shape index (κ1) is 30.8. The van der Waals surface area contributed by atoms with Gasteiger partial charge in [0.25, 0.3) is 17.2 Å². The number of carbonyl (C=O) groups is 3. The molecule has 0 radical (unpaired) electrons. The van der Waals surface area contributed by atoms with Crippen molar-refractivity contribution in [2.75, 3.05) is 31.1 Å². The van der Waals surface area contributed by atoms with Crippen molar-refractivity contribution in [2.24, 2.45) is 0 Å². The number of ether oxygens (including phenoxy) is 1. The molecule has 0 unspecified atom stereocenters. The third-order valence-electron chi connectivity index (χ3n) is 9.22. The summed E-state index contributed by atoms with van der Waals surface area (Å²) in [6.45, 7) is 2.80. The van der Waals surface area contributed by atoms with Crippen LogP contribution in [0, 0.1) is 10.1 Å². The Hall–Kier alpha value is -5.81. The first-order valence-electron chi connectivity index (χ1n) is 15.2. The van der Waals surface area contributed by atoms with Gasteiger partial charge in [-0.25, -0.2) is 25.2 Å². The molecule has 3 aliphatic rings. The number of pyridine rings is 2. The zero-order valence-electron chi connectivity index (χ0n) is 25.5. The van der Waals surface area contributed by atoms with Gasteiger partial charge in [-0.2, -0.15) is 0 Å². The molecule has 1 aliphatic carbocycles. The van der Waals surface area contributed by atoms with Crippen molar-refractivity contribution in [1.82, 2.24) is 29.9 Å². The smallest absolute Gasteiger partial charge is 0.410 e. The molecule has 17 nitrogen and oxygen atoms in total. The number of Topliss-reactive ketones (excluding diaryl/α,β-unsaturated/α-hetero) is 1. The summed E-state index contributed by atoms with van der Waals surface area (Å²) in [5, 5.41) is 32.6. The predicted molar refractivity (Wildman–Crippen MR) is 166 cm³/mol. The Labute approximate surface area is 270 Å². The zero-order valence-corrected chi connectivity index (χ0v) is 25.5. The molecule has 2 aliphatic heterocycles. The van der Waals surface area contributed by atoms with E-state index in [4.69, 9.17) is 9.94 Å². The van der Waals surface area contributed by atoms with Crippen LogP contribution < -0.4 is 20.7 Å². The molecule has 0 bridgehead atoms. The third kappa shape index (κ3) is 4.82. The van der Waals surface area contributed by atoms with E-state index in [1.54, 1.807) is 13.0 Å². The molecule has 3 aromatic heterocycles. The quantitative estimate of drug-likeness (QED) is 0.139. The number of nitrogens with one attached hydrogen (secondary N) is 1. The molecule has 246 valence electrons. The van der Waals surface area contributed by atoms with E-state index in [1.807, 2.05) is 4.90 Å². The van der Waals surface area contributed by atoms with Gasteiger partial charge < -0.3 is 24.2 Å². The second-order valence-corrected chi connectivity index (χ2v) is 11.7. The highest BCUT2D eigenvalue weighted by Crippen LogP contribution is 2.43. The van der Waals surface area contributed by atoms with Crippen LogP contribution in [0.4, 0.5) is 16.4 Å². The Morgan fingerprint density at radius 3 is 2.48 bits per heavy atom. The molecule has 1 saturated heterocycles. The number of ketones is 1. The van der Waals surface area contributed by atoms with Crippen molar-refractivity contribution in [2.45, 2.75) is 38.3 Å². The fourth-order valence-electron chi connectivity index (χ4n) is 6.61. The van der Waals surface area contributed by atoms with E-state index in [0.717, 1.165) is 0 Å². The zero-order chi connectivity index (χ0) is 33.9. The van der Waals surface area contributed by atoms with E-state index in [1.165, 1.54) is 45.5 Å².